The number of halogens is 3. The van der Waals surface area contributed by atoms with E-state index in [0.29, 0.717) is 29.6 Å². The maximum absolute atomic E-state index is 12.9. The first-order chi connectivity index (χ1) is 18.7. The summed E-state index contributed by atoms with van der Waals surface area (Å²) in [5.41, 5.74) is 1.03. The molecule has 0 amide bonds. The number of rotatable bonds is 11. The van der Waals surface area contributed by atoms with Crippen LogP contribution in [0.4, 0.5) is 18.9 Å². The molecule has 0 saturated carbocycles. The molecular formula is C29H32F3N3O4S. The Balaban J connectivity index is 1.35. The summed E-state index contributed by atoms with van der Waals surface area (Å²) < 4.78 is 68.4. The van der Waals surface area contributed by atoms with Crippen molar-refractivity contribution >= 4 is 26.6 Å². The number of sulfonamides is 1. The number of nitrogens with one attached hydrogen (secondary N) is 2. The Morgan fingerprint density at radius 1 is 0.900 bits per heavy atom. The molecule has 0 aliphatic rings. The standard InChI is InChI=1S/C29H32F3N3O4S/c1-28(2,14-16-35-15-13-20-17-22(11-12-25(20)35)27(37)29(30,31)32)33-19-26(36)21-7-6-8-23(18-21)34-40(38,39)24-9-4-3-5-10-24/h3-13,15,17-18,26-27,33-34,36-37H,14,16,19H2,1-2H3/t26-,27?/m0/s1. The quantitative estimate of drug-likeness (QED) is 0.188. The van der Waals surface area contributed by atoms with E-state index in [1.54, 1.807) is 60.8 Å². The molecule has 0 spiro atoms. The van der Waals surface area contributed by atoms with E-state index in [0.717, 1.165) is 5.52 Å². The van der Waals surface area contributed by atoms with Crippen LogP contribution in [0.15, 0.2) is 90.0 Å². The summed E-state index contributed by atoms with van der Waals surface area (Å²) in [5, 5.41) is 24.3. The summed E-state index contributed by atoms with van der Waals surface area (Å²) in [6.45, 7) is 4.74. The van der Waals surface area contributed by atoms with E-state index in [9.17, 15) is 31.8 Å². The van der Waals surface area contributed by atoms with Crippen LogP contribution in [-0.2, 0) is 16.6 Å². The van der Waals surface area contributed by atoms with Crippen LogP contribution in [0.3, 0.4) is 0 Å². The molecule has 40 heavy (non-hydrogen) atoms. The van der Waals surface area contributed by atoms with Crippen LogP contribution in [0.1, 0.15) is 43.6 Å². The first-order valence-corrected chi connectivity index (χ1v) is 14.2. The van der Waals surface area contributed by atoms with E-state index < -0.39 is 33.9 Å². The normalized spacial score (nSPS) is 14.3. The highest BCUT2D eigenvalue weighted by Gasteiger charge is 2.39. The van der Waals surface area contributed by atoms with Crippen molar-refractivity contribution < 1.29 is 31.8 Å². The molecule has 1 heterocycles. The minimum Gasteiger partial charge on any atom is -0.387 e. The van der Waals surface area contributed by atoms with Gasteiger partial charge in [0.25, 0.3) is 10.0 Å². The van der Waals surface area contributed by atoms with Crippen LogP contribution >= 0.6 is 0 Å². The van der Waals surface area contributed by atoms with Crippen LogP contribution < -0.4 is 10.0 Å². The molecule has 4 rings (SSSR count). The lowest BCUT2D eigenvalue weighted by Gasteiger charge is -2.28. The summed E-state index contributed by atoms with van der Waals surface area (Å²) in [5.74, 6) is 0. The number of alkyl halides is 3. The lowest BCUT2D eigenvalue weighted by molar-refractivity contribution is -0.206. The molecule has 0 bridgehead atoms. The molecule has 4 aromatic rings. The first-order valence-electron chi connectivity index (χ1n) is 12.7. The summed E-state index contributed by atoms with van der Waals surface area (Å²) in [6, 6.07) is 20.5. The molecule has 1 unspecified atom stereocenters. The topological polar surface area (TPSA) is 104 Å². The molecule has 0 fully saturated rings. The van der Waals surface area contributed by atoms with E-state index in [-0.39, 0.29) is 17.0 Å². The zero-order chi connectivity index (χ0) is 29.1. The number of aryl methyl sites for hydroxylation is 1. The number of fused-ring (bicyclic) bond motifs is 1. The minimum atomic E-state index is -4.73. The van der Waals surface area contributed by atoms with Crippen LogP contribution in [0.2, 0.25) is 0 Å². The molecule has 11 heteroatoms. The van der Waals surface area contributed by atoms with Crippen LogP contribution in [0.5, 0.6) is 0 Å². The van der Waals surface area contributed by atoms with Gasteiger partial charge < -0.3 is 20.1 Å². The van der Waals surface area contributed by atoms with Crippen molar-refractivity contribution in [1.29, 1.82) is 0 Å². The van der Waals surface area contributed by atoms with Gasteiger partial charge in [-0.15, -0.1) is 0 Å². The Kier molecular flexibility index (Phi) is 8.60. The summed E-state index contributed by atoms with van der Waals surface area (Å²) in [6.07, 6.45) is -5.71. The van der Waals surface area contributed by atoms with Gasteiger partial charge in [-0.2, -0.15) is 13.2 Å². The number of aliphatic hydroxyl groups is 2. The number of benzene rings is 3. The largest absolute Gasteiger partial charge is 0.418 e. The number of aliphatic hydroxyl groups excluding tert-OH is 2. The van der Waals surface area contributed by atoms with Crippen LogP contribution in [0.25, 0.3) is 10.9 Å². The first kappa shape index (κ1) is 29.6. The number of hydrogen-bond acceptors (Lipinski definition) is 5. The summed E-state index contributed by atoms with van der Waals surface area (Å²) in [4.78, 5) is 0.138. The van der Waals surface area contributed by atoms with Gasteiger partial charge in [0.15, 0.2) is 6.10 Å². The Morgan fingerprint density at radius 3 is 2.33 bits per heavy atom. The van der Waals surface area contributed by atoms with Gasteiger partial charge in [-0.25, -0.2) is 8.42 Å². The number of β-amino-alcohol motifs (C(OH)–C–C–N with tert-alkyl or cyclic N) is 1. The summed E-state index contributed by atoms with van der Waals surface area (Å²) >= 11 is 0. The fourth-order valence-corrected chi connectivity index (χ4v) is 5.45. The third-order valence-electron chi connectivity index (χ3n) is 6.75. The molecule has 7 nitrogen and oxygen atoms in total. The van der Waals surface area contributed by atoms with E-state index >= 15 is 0 Å². The number of hydrogen-bond donors (Lipinski definition) is 4. The van der Waals surface area contributed by atoms with E-state index in [4.69, 9.17) is 0 Å². The Bertz CT molecular complexity index is 1550. The average molecular weight is 576 g/mol. The predicted octanol–water partition coefficient (Wildman–Crippen LogP) is 5.53. The lowest BCUT2D eigenvalue weighted by Crippen LogP contribution is -2.42. The zero-order valence-corrected chi connectivity index (χ0v) is 22.9. The van der Waals surface area contributed by atoms with Crippen molar-refractivity contribution in [3.63, 3.8) is 0 Å². The smallest absolute Gasteiger partial charge is 0.387 e. The van der Waals surface area contributed by atoms with Gasteiger partial charge in [0.2, 0.25) is 0 Å². The molecule has 4 N–H and O–H groups in total. The molecule has 0 aliphatic carbocycles. The maximum atomic E-state index is 12.9. The van der Waals surface area contributed by atoms with Gasteiger partial charge in [-0.1, -0.05) is 36.4 Å². The highest BCUT2D eigenvalue weighted by molar-refractivity contribution is 7.92. The summed E-state index contributed by atoms with van der Waals surface area (Å²) in [7, 11) is -3.76. The number of aromatic nitrogens is 1. The minimum absolute atomic E-state index is 0.138. The molecule has 1 aromatic heterocycles. The van der Waals surface area contributed by atoms with Gasteiger partial charge in [0.05, 0.1) is 11.0 Å². The second-order valence-electron chi connectivity index (χ2n) is 10.3. The monoisotopic (exact) mass is 575 g/mol. The van der Waals surface area contributed by atoms with Gasteiger partial charge in [-0.3, -0.25) is 4.72 Å². The second-order valence-corrected chi connectivity index (χ2v) is 12.0. The van der Waals surface area contributed by atoms with Gasteiger partial charge >= 0.3 is 6.18 Å². The fraction of sp³-hybridized carbons (Fsp3) is 0.310. The van der Waals surface area contributed by atoms with Crippen molar-refractivity contribution in [1.82, 2.24) is 9.88 Å². The van der Waals surface area contributed by atoms with Gasteiger partial charge in [0, 0.05) is 36.0 Å². The molecule has 2 atom stereocenters. The SMILES string of the molecule is CC(C)(CCn1ccc2cc(C(O)C(F)(F)F)ccc21)NC[C@H](O)c1cccc(NS(=O)(=O)c2ccccc2)c1. The third-order valence-corrected chi connectivity index (χ3v) is 8.15. The Hall–Kier alpha value is -3.38. The molecule has 3 aromatic carbocycles. The fourth-order valence-electron chi connectivity index (χ4n) is 4.37. The van der Waals surface area contributed by atoms with Crippen molar-refractivity contribution in [3.8, 4) is 0 Å². The van der Waals surface area contributed by atoms with Crippen LogP contribution in [-0.4, -0.2) is 41.5 Å². The van der Waals surface area contributed by atoms with Crippen molar-refractivity contribution in [2.24, 2.45) is 0 Å². The van der Waals surface area contributed by atoms with E-state index in [2.05, 4.69) is 10.0 Å². The van der Waals surface area contributed by atoms with Crippen molar-refractivity contribution in [3.05, 3.63) is 96.2 Å². The van der Waals surface area contributed by atoms with Gasteiger partial charge in [0.1, 0.15) is 0 Å². The maximum Gasteiger partial charge on any atom is 0.418 e. The van der Waals surface area contributed by atoms with E-state index in [1.165, 1.54) is 24.3 Å². The van der Waals surface area contributed by atoms with Crippen LogP contribution in [0, 0.1) is 0 Å². The predicted molar refractivity (Wildman–Crippen MR) is 148 cm³/mol. The zero-order valence-electron chi connectivity index (χ0n) is 22.1. The number of anilines is 1. The van der Waals surface area contributed by atoms with Crippen molar-refractivity contribution in [2.45, 2.75) is 55.6 Å². The molecule has 0 radical (unpaired) electrons. The Labute approximate surface area is 231 Å². The lowest BCUT2D eigenvalue weighted by atomic mass is 9.99. The molecule has 0 saturated heterocycles. The third kappa shape index (κ3) is 7.22. The average Bonchev–Trinajstić information content (AvgIpc) is 3.32. The molecular weight excluding hydrogens is 543 g/mol. The molecule has 0 aliphatic heterocycles. The van der Waals surface area contributed by atoms with Crippen molar-refractivity contribution in [2.75, 3.05) is 11.3 Å². The highest BCUT2D eigenvalue weighted by Crippen LogP contribution is 2.34. The highest BCUT2D eigenvalue weighted by atomic mass is 32.2. The van der Waals surface area contributed by atoms with Gasteiger partial charge in [-0.05, 0) is 79.2 Å². The molecule has 214 valence electrons. The van der Waals surface area contributed by atoms with E-state index in [1.807, 2.05) is 18.4 Å². The second kappa shape index (κ2) is 11.6. The Morgan fingerprint density at radius 2 is 1.62 bits per heavy atom. The number of nitrogens with zero attached hydrogens (tertiary/aromatic N) is 1.